The van der Waals surface area contributed by atoms with Crippen LogP contribution in [0.15, 0.2) is 24.3 Å². The molecule has 1 aliphatic rings. The van der Waals surface area contributed by atoms with Crippen LogP contribution < -0.4 is 9.47 Å². The molecule has 194 valence electrons. The summed E-state index contributed by atoms with van der Waals surface area (Å²) in [5.74, 6) is 0.467. The first-order valence-corrected chi connectivity index (χ1v) is 11.8. The molecule has 0 radical (unpaired) electrons. The average molecular weight is 493 g/mol. The number of aromatic nitrogens is 2. The molecule has 0 aliphatic carbocycles. The van der Waals surface area contributed by atoms with E-state index in [1.807, 2.05) is 63.6 Å². The molecular weight excluding hydrogens is 456 g/mol. The van der Waals surface area contributed by atoms with E-state index in [1.165, 1.54) is 6.92 Å². The third-order valence-corrected chi connectivity index (χ3v) is 5.75. The fraction of sp³-hybridized carbons (Fsp3) is 0.600. The van der Waals surface area contributed by atoms with Crippen molar-refractivity contribution in [1.29, 1.82) is 0 Å². The van der Waals surface area contributed by atoms with Crippen LogP contribution in [0.1, 0.15) is 57.5 Å². The van der Waals surface area contributed by atoms with Crippen LogP contribution in [0.2, 0.25) is 0 Å². The highest BCUT2D eigenvalue weighted by molar-refractivity contribution is 5.65. The molecule has 2 aromatic rings. The van der Waals surface area contributed by atoms with Gasteiger partial charge in [-0.3, -0.25) is 9.48 Å². The third-order valence-electron chi connectivity index (χ3n) is 5.75. The van der Waals surface area contributed by atoms with E-state index in [4.69, 9.17) is 18.9 Å². The van der Waals surface area contributed by atoms with Crippen LogP contribution in [-0.4, -0.2) is 74.5 Å². The minimum Gasteiger partial charge on any atom is -0.491 e. The zero-order valence-electron chi connectivity index (χ0n) is 21.0. The standard InChI is InChI=1S/C25H36N2O8/c1-13(2)27-15(5)19(11-17-7-9-18(10-8-17)33-14(3)4)24(26-27)35-25-23(31)22(30)21(29)20(34-25)12-32-16(6)28/h7-10,13-14,20-23,25,29-31H,11-12H2,1-6H3/t20-,21-,22+,23-,25+/m1/s1. The van der Waals surface area contributed by atoms with E-state index in [0.29, 0.717) is 6.42 Å². The molecular formula is C25H36N2O8. The maximum Gasteiger partial charge on any atom is 0.302 e. The van der Waals surface area contributed by atoms with Gasteiger partial charge >= 0.3 is 5.97 Å². The average Bonchev–Trinajstić information content (AvgIpc) is 3.09. The molecule has 0 unspecified atom stereocenters. The van der Waals surface area contributed by atoms with E-state index < -0.39 is 36.7 Å². The van der Waals surface area contributed by atoms with Crippen molar-refractivity contribution in [1.82, 2.24) is 9.78 Å². The Morgan fingerprint density at radius 3 is 2.31 bits per heavy atom. The van der Waals surface area contributed by atoms with Gasteiger partial charge in [-0.15, -0.1) is 5.10 Å². The second-order valence-electron chi connectivity index (χ2n) is 9.33. The van der Waals surface area contributed by atoms with Gasteiger partial charge in [-0.25, -0.2) is 0 Å². The van der Waals surface area contributed by atoms with E-state index >= 15 is 0 Å². The van der Waals surface area contributed by atoms with E-state index in [1.54, 1.807) is 0 Å². The van der Waals surface area contributed by atoms with Gasteiger partial charge in [0, 0.05) is 30.6 Å². The normalized spacial score (nSPS) is 24.6. The van der Waals surface area contributed by atoms with Gasteiger partial charge in [0.25, 0.3) is 0 Å². The first kappa shape index (κ1) is 26.9. The van der Waals surface area contributed by atoms with Crippen LogP contribution in [0.3, 0.4) is 0 Å². The Morgan fingerprint density at radius 2 is 1.74 bits per heavy atom. The van der Waals surface area contributed by atoms with Gasteiger partial charge in [-0.1, -0.05) is 12.1 Å². The van der Waals surface area contributed by atoms with Crippen molar-refractivity contribution in [3.8, 4) is 11.6 Å². The molecule has 1 fully saturated rings. The summed E-state index contributed by atoms with van der Waals surface area (Å²) in [5.41, 5.74) is 2.69. The molecule has 0 bridgehead atoms. The summed E-state index contributed by atoms with van der Waals surface area (Å²) in [7, 11) is 0. The van der Waals surface area contributed by atoms with Crippen molar-refractivity contribution < 1.29 is 39.1 Å². The molecule has 0 saturated carbocycles. The molecule has 2 heterocycles. The first-order valence-electron chi connectivity index (χ1n) is 11.8. The van der Waals surface area contributed by atoms with Crippen molar-refractivity contribution in [3.63, 3.8) is 0 Å². The van der Waals surface area contributed by atoms with Gasteiger partial charge in [0.1, 0.15) is 36.8 Å². The van der Waals surface area contributed by atoms with E-state index in [2.05, 4.69) is 5.10 Å². The fourth-order valence-corrected chi connectivity index (χ4v) is 3.95. The topological polar surface area (TPSA) is 132 Å². The number of rotatable bonds is 9. The summed E-state index contributed by atoms with van der Waals surface area (Å²) < 4.78 is 24.1. The van der Waals surface area contributed by atoms with Gasteiger partial charge in [-0.05, 0) is 52.3 Å². The zero-order valence-corrected chi connectivity index (χ0v) is 21.0. The fourth-order valence-electron chi connectivity index (χ4n) is 3.95. The smallest absolute Gasteiger partial charge is 0.302 e. The Labute approximate surface area is 205 Å². The minimum atomic E-state index is -1.56. The van der Waals surface area contributed by atoms with Gasteiger partial charge < -0.3 is 34.3 Å². The molecule has 10 heteroatoms. The van der Waals surface area contributed by atoms with Crippen LogP contribution in [-0.2, 0) is 20.7 Å². The van der Waals surface area contributed by atoms with E-state index in [9.17, 15) is 20.1 Å². The Kier molecular flexibility index (Phi) is 8.76. The minimum absolute atomic E-state index is 0.0502. The van der Waals surface area contributed by atoms with Crippen molar-refractivity contribution in [2.45, 2.75) is 90.8 Å². The molecule has 35 heavy (non-hydrogen) atoms. The number of esters is 1. The molecule has 10 nitrogen and oxygen atoms in total. The van der Waals surface area contributed by atoms with Gasteiger partial charge in [0.2, 0.25) is 12.2 Å². The van der Waals surface area contributed by atoms with Crippen molar-refractivity contribution >= 4 is 5.97 Å². The predicted octanol–water partition coefficient (Wildman–Crippen LogP) is 1.90. The second kappa shape index (κ2) is 11.4. The molecule has 1 aromatic carbocycles. The predicted molar refractivity (Wildman–Crippen MR) is 126 cm³/mol. The van der Waals surface area contributed by atoms with Crippen molar-refractivity contribution in [2.24, 2.45) is 0 Å². The highest BCUT2D eigenvalue weighted by Crippen LogP contribution is 2.31. The molecule has 5 atom stereocenters. The number of aliphatic hydroxyl groups excluding tert-OH is 3. The van der Waals surface area contributed by atoms with E-state index in [-0.39, 0.29) is 24.6 Å². The number of nitrogens with zero attached hydrogens (tertiary/aromatic N) is 2. The summed E-state index contributed by atoms with van der Waals surface area (Å²) in [6.45, 7) is 10.8. The van der Waals surface area contributed by atoms with Crippen molar-refractivity contribution in [2.75, 3.05) is 6.61 Å². The number of aliphatic hydroxyl groups is 3. The highest BCUT2D eigenvalue weighted by Gasteiger charge is 2.46. The lowest BCUT2D eigenvalue weighted by molar-refractivity contribution is -0.279. The molecule has 3 rings (SSSR count). The molecule has 1 aromatic heterocycles. The Hall–Kier alpha value is -2.66. The number of ether oxygens (including phenoxy) is 4. The lowest BCUT2D eigenvalue weighted by atomic mass is 9.99. The number of carbonyl (C=O) groups is 1. The lowest BCUT2D eigenvalue weighted by Crippen LogP contribution is -2.60. The highest BCUT2D eigenvalue weighted by atomic mass is 16.7. The van der Waals surface area contributed by atoms with Gasteiger partial charge in [-0.2, -0.15) is 0 Å². The molecule has 1 saturated heterocycles. The number of hydrogen-bond donors (Lipinski definition) is 3. The third kappa shape index (κ3) is 6.52. The summed E-state index contributed by atoms with van der Waals surface area (Å²) in [6, 6.07) is 7.80. The van der Waals surface area contributed by atoms with Crippen LogP contribution >= 0.6 is 0 Å². The van der Waals surface area contributed by atoms with Crippen LogP contribution in [0.25, 0.3) is 0 Å². The van der Waals surface area contributed by atoms with Gasteiger partial charge in [0.05, 0.1) is 6.10 Å². The summed E-state index contributed by atoms with van der Waals surface area (Å²) >= 11 is 0. The first-order chi connectivity index (χ1) is 16.5. The van der Waals surface area contributed by atoms with Crippen LogP contribution in [0.5, 0.6) is 11.6 Å². The summed E-state index contributed by atoms with van der Waals surface area (Å²) in [5, 5.41) is 35.7. The Balaban J connectivity index is 1.85. The Bertz CT molecular complexity index is 988. The zero-order chi connectivity index (χ0) is 25.9. The largest absolute Gasteiger partial charge is 0.491 e. The van der Waals surface area contributed by atoms with Crippen LogP contribution in [0, 0.1) is 6.92 Å². The molecule has 1 aliphatic heterocycles. The Morgan fingerprint density at radius 1 is 1.09 bits per heavy atom. The molecule has 3 N–H and O–H groups in total. The number of hydrogen-bond acceptors (Lipinski definition) is 9. The molecule has 0 amide bonds. The lowest BCUT2D eigenvalue weighted by Gasteiger charge is -2.39. The SMILES string of the molecule is CC(=O)OC[C@H]1O[C@@H](Oc2nn(C(C)C)c(C)c2Cc2ccc(OC(C)C)cc2)[C@H](O)[C@@H](O)[C@@H]1O. The van der Waals surface area contributed by atoms with Crippen molar-refractivity contribution in [3.05, 3.63) is 41.1 Å². The number of carbonyl (C=O) groups excluding carboxylic acids is 1. The maximum atomic E-state index is 11.2. The van der Waals surface area contributed by atoms with Crippen LogP contribution in [0.4, 0.5) is 0 Å². The quantitative estimate of drug-likeness (QED) is 0.449. The summed E-state index contributed by atoms with van der Waals surface area (Å²) in [4.78, 5) is 11.2. The van der Waals surface area contributed by atoms with Gasteiger partial charge in [0.15, 0.2) is 0 Å². The number of benzene rings is 1. The summed E-state index contributed by atoms with van der Waals surface area (Å²) in [6.07, 6.45) is -6.38. The monoisotopic (exact) mass is 492 g/mol. The molecule has 0 spiro atoms. The second-order valence-corrected chi connectivity index (χ2v) is 9.33. The maximum absolute atomic E-state index is 11.2. The van der Waals surface area contributed by atoms with E-state index in [0.717, 1.165) is 22.6 Å².